The van der Waals surface area contributed by atoms with Gasteiger partial charge in [-0.2, -0.15) is 0 Å². The lowest BCUT2D eigenvalue weighted by atomic mass is 10.2. The Balaban J connectivity index is 2.93. The van der Waals surface area contributed by atoms with E-state index in [1.165, 1.54) is 5.69 Å². The van der Waals surface area contributed by atoms with Gasteiger partial charge in [-0.1, -0.05) is 6.92 Å². The first kappa shape index (κ1) is 13.7. The summed E-state index contributed by atoms with van der Waals surface area (Å²) in [6.45, 7) is 10.3. The Morgan fingerprint density at radius 1 is 1.29 bits per heavy atom. The smallest absolute Gasteiger partial charge is 0.144 e. The lowest BCUT2D eigenvalue weighted by Gasteiger charge is -2.28. The van der Waals surface area contributed by atoms with Gasteiger partial charge in [0, 0.05) is 24.3 Å². The summed E-state index contributed by atoms with van der Waals surface area (Å²) in [7, 11) is 0. The average molecular weight is 236 g/mol. The van der Waals surface area contributed by atoms with Crippen LogP contribution in [0.1, 0.15) is 34.1 Å². The first-order valence-corrected chi connectivity index (χ1v) is 6.39. The maximum absolute atomic E-state index is 5.90. The topological polar surface area (TPSA) is 38.5 Å². The summed E-state index contributed by atoms with van der Waals surface area (Å²) in [6.07, 6.45) is 0.991. The Bertz CT molecular complexity index is 350. The molecule has 96 valence electrons. The van der Waals surface area contributed by atoms with E-state index >= 15 is 0 Å². The summed E-state index contributed by atoms with van der Waals surface area (Å²) in [6, 6.07) is 6.49. The van der Waals surface area contributed by atoms with E-state index in [9.17, 15) is 0 Å². The van der Waals surface area contributed by atoms with Crippen molar-refractivity contribution in [2.45, 2.75) is 40.2 Å². The summed E-state index contributed by atoms with van der Waals surface area (Å²) in [4.78, 5) is 2.32. The van der Waals surface area contributed by atoms with Crippen LogP contribution in [0, 0.1) is 0 Å². The van der Waals surface area contributed by atoms with Gasteiger partial charge in [0.15, 0.2) is 0 Å². The zero-order valence-electron chi connectivity index (χ0n) is 11.4. The fourth-order valence-corrected chi connectivity index (χ4v) is 1.88. The van der Waals surface area contributed by atoms with Crippen LogP contribution in [-0.4, -0.2) is 19.2 Å². The Kier molecular flexibility index (Phi) is 5.13. The molecular weight excluding hydrogens is 212 g/mol. The van der Waals surface area contributed by atoms with E-state index in [0.29, 0.717) is 18.3 Å². The maximum atomic E-state index is 5.90. The summed E-state index contributed by atoms with van der Waals surface area (Å²) >= 11 is 0. The van der Waals surface area contributed by atoms with Gasteiger partial charge in [0.05, 0.1) is 12.3 Å². The van der Waals surface area contributed by atoms with E-state index in [1.807, 2.05) is 12.1 Å². The molecule has 0 spiro atoms. The van der Waals surface area contributed by atoms with Crippen LogP contribution in [0.25, 0.3) is 0 Å². The Morgan fingerprint density at radius 3 is 2.53 bits per heavy atom. The summed E-state index contributed by atoms with van der Waals surface area (Å²) in [5.74, 6) is 0.795. The molecule has 0 heterocycles. The van der Waals surface area contributed by atoms with Gasteiger partial charge in [-0.25, -0.2) is 0 Å². The molecule has 2 N–H and O–H groups in total. The predicted octanol–water partition coefficient (Wildman–Crippen LogP) is 3.29. The van der Waals surface area contributed by atoms with Crippen LogP contribution in [0.4, 0.5) is 11.4 Å². The second-order valence-corrected chi connectivity index (χ2v) is 4.45. The van der Waals surface area contributed by atoms with E-state index in [-0.39, 0.29) is 0 Å². The Morgan fingerprint density at radius 2 is 2.00 bits per heavy atom. The minimum absolute atomic E-state index is 0.475. The molecule has 0 saturated heterocycles. The monoisotopic (exact) mass is 236 g/mol. The Labute approximate surface area is 105 Å². The molecule has 0 aliphatic heterocycles. The average Bonchev–Trinajstić information content (AvgIpc) is 2.30. The van der Waals surface area contributed by atoms with Gasteiger partial charge in [0.25, 0.3) is 0 Å². The molecule has 0 aliphatic carbocycles. The zero-order valence-corrected chi connectivity index (χ0v) is 11.4. The van der Waals surface area contributed by atoms with E-state index in [4.69, 9.17) is 10.5 Å². The lowest BCUT2D eigenvalue weighted by Crippen LogP contribution is -2.30. The van der Waals surface area contributed by atoms with Gasteiger partial charge in [-0.05, 0) is 39.3 Å². The molecule has 0 unspecified atom stereocenters. The largest absolute Gasteiger partial charge is 0.491 e. The summed E-state index contributed by atoms with van der Waals surface area (Å²) < 4.78 is 5.65. The van der Waals surface area contributed by atoms with Crippen molar-refractivity contribution in [3.8, 4) is 5.75 Å². The van der Waals surface area contributed by atoms with E-state index in [1.54, 1.807) is 0 Å². The van der Waals surface area contributed by atoms with Crippen molar-refractivity contribution >= 4 is 11.4 Å². The Hall–Kier alpha value is -1.38. The highest BCUT2D eigenvalue weighted by molar-refractivity contribution is 5.62. The highest BCUT2D eigenvalue weighted by Crippen LogP contribution is 2.28. The first-order valence-electron chi connectivity index (χ1n) is 6.39. The quantitative estimate of drug-likeness (QED) is 0.770. The van der Waals surface area contributed by atoms with Crippen molar-refractivity contribution in [1.82, 2.24) is 0 Å². The molecule has 17 heavy (non-hydrogen) atoms. The third-order valence-corrected chi connectivity index (χ3v) is 2.75. The van der Waals surface area contributed by atoms with Crippen molar-refractivity contribution in [2.24, 2.45) is 0 Å². The number of nitrogens with zero attached hydrogens (tertiary/aromatic N) is 1. The molecule has 1 aromatic carbocycles. The maximum Gasteiger partial charge on any atom is 0.144 e. The van der Waals surface area contributed by atoms with Crippen molar-refractivity contribution in [3.63, 3.8) is 0 Å². The van der Waals surface area contributed by atoms with Crippen LogP contribution >= 0.6 is 0 Å². The van der Waals surface area contributed by atoms with Gasteiger partial charge in [0.2, 0.25) is 0 Å². The molecule has 1 aromatic rings. The number of ether oxygens (including phenoxy) is 1. The number of anilines is 2. The standard InChI is InChI=1S/C14H24N2O/c1-5-9-17-14-10-12(7-8-13(14)15)16(6-2)11(3)4/h7-8,10-11H,5-6,9,15H2,1-4H3. The number of nitrogen functional groups attached to an aromatic ring is 1. The molecule has 0 amide bonds. The zero-order chi connectivity index (χ0) is 12.8. The first-order chi connectivity index (χ1) is 8.10. The molecule has 0 fully saturated rings. The van der Waals surface area contributed by atoms with Crippen LogP contribution in [0.5, 0.6) is 5.75 Å². The number of hydrogen-bond acceptors (Lipinski definition) is 3. The number of rotatable bonds is 6. The third kappa shape index (κ3) is 3.55. The van der Waals surface area contributed by atoms with E-state index in [0.717, 1.165) is 18.7 Å². The molecule has 3 heteroatoms. The van der Waals surface area contributed by atoms with Crippen LogP contribution in [-0.2, 0) is 0 Å². The minimum Gasteiger partial charge on any atom is -0.491 e. The molecule has 0 aliphatic rings. The molecule has 0 bridgehead atoms. The second-order valence-electron chi connectivity index (χ2n) is 4.45. The van der Waals surface area contributed by atoms with Gasteiger partial charge in [-0.3, -0.25) is 0 Å². The van der Waals surface area contributed by atoms with Crippen LogP contribution in [0.15, 0.2) is 18.2 Å². The van der Waals surface area contributed by atoms with E-state index in [2.05, 4.69) is 38.7 Å². The fraction of sp³-hybridized carbons (Fsp3) is 0.571. The van der Waals surface area contributed by atoms with Crippen molar-refractivity contribution in [1.29, 1.82) is 0 Å². The molecule has 0 radical (unpaired) electrons. The molecular formula is C14H24N2O. The SMILES string of the molecule is CCCOc1cc(N(CC)C(C)C)ccc1N. The number of benzene rings is 1. The lowest BCUT2D eigenvalue weighted by molar-refractivity contribution is 0.319. The highest BCUT2D eigenvalue weighted by atomic mass is 16.5. The molecule has 3 nitrogen and oxygen atoms in total. The summed E-state index contributed by atoms with van der Waals surface area (Å²) in [5, 5.41) is 0. The minimum atomic E-state index is 0.475. The number of hydrogen-bond donors (Lipinski definition) is 1. The van der Waals surface area contributed by atoms with Gasteiger partial charge >= 0.3 is 0 Å². The van der Waals surface area contributed by atoms with Gasteiger partial charge in [-0.15, -0.1) is 0 Å². The van der Waals surface area contributed by atoms with Crippen molar-refractivity contribution in [2.75, 3.05) is 23.8 Å². The fourth-order valence-electron chi connectivity index (χ4n) is 1.88. The number of nitrogens with two attached hydrogens (primary N) is 1. The van der Waals surface area contributed by atoms with Gasteiger partial charge in [0.1, 0.15) is 5.75 Å². The van der Waals surface area contributed by atoms with Crippen LogP contribution in [0.2, 0.25) is 0 Å². The van der Waals surface area contributed by atoms with Crippen molar-refractivity contribution < 1.29 is 4.74 Å². The third-order valence-electron chi connectivity index (χ3n) is 2.75. The summed E-state index contributed by atoms with van der Waals surface area (Å²) in [5.41, 5.74) is 7.78. The van der Waals surface area contributed by atoms with Crippen molar-refractivity contribution in [3.05, 3.63) is 18.2 Å². The molecule has 0 saturated carbocycles. The molecule has 1 rings (SSSR count). The van der Waals surface area contributed by atoms with Crippen LogP contribution in [0.3, 0.4) is 0 Å². The van der Waals surface area contributed by atoms with E-state index < -0.39 is 0 Å². The highest BCUT2D eigenvalue weighted by Gasteiger charge is 2.10. The molecule has 0 atom stereocenters. The molecule has 0 aromatic heterocycles. The normalized spacial score (nSPS) is 10.6. The predicted molar refractivity (Wildman–Crippen MR) is 74.8 cm³/mol. The van der Waals surface area contributed by atoms with Crippen LogP contribution < -0.4 is 15.4 Å². The van der Waals surface area contributed by atoms with Gasteiger partial charge < -0.3 is 15.4 Å². The second kappa shape index (κ2) is 6.38.